The third-order valence-electron chi connectivity index (χ3n) is 6.86. The number of alkyl halides is 3. The Kier molecular flexibility index (Phi) is 7.20. The molecule has 194 valence electrons. The summed E-state index contributed by atoms with van der Waals surface area (Å²) >= 11 is 0. The summed E-state index contributed by atoms with van der Waals surface area (Å²) in [6, 6.07) is 10.0. The van der Waals surface area contributed by atoms with E-state index in [4.69, 9.17) is 9.72 Å². The first-order valence-corrected chi connectivity index (χ1v) is 12.2. The predicted molar refractivity (Wildman–Crippen MR) is 133 cm³/mol. The Morgan fingerprint density at radius 3 is 2.58 bits per heavy atom. The number of hydrogen-bond acceptors (Lipinski definition) is 5. The minimum atomic E-state index is -4.74. The molecule has 0 aliphatic heterocycles. The fourth-order valence-electron chi connectivity index (χ4n) is 5.10. The molecule has 0 unspecified atom stereocenters. The number of imidazole rings is 1. The Morgan fingerprint density at radius 2 is 1.94 bits per heavy atom. The molecular formula is C27H32F3N3O3. The van der Waals surface area contributed by atoms with E-state index in [9.17, 15) is 18.0 Å². The lowest BCUT2D eigenvalue weighted by Crippen LogP contribution is -2.25. The number of halogens is 3. The van der Waals surface area contributed by atoms with E-state index in [0.29, 0.717) is 18.1 Å². The molecule has 0 saturated heterocycles. The molecule has 4 rings (SSSR count). The minimum Gasteiger partial charge on any atom is -0.469 e. The average molecular weight is 504 g/mol. The number of nitrogens with one attached hydrogen (secondary N) is 1. The third kappa shape index (κ3) is 6.12. The van der Waals surface area contributed by atoms with Gasteiger partial charge in [-0.3, -0.25) is 4.79 Å². The van der Waals surface area contributed by atoms with Crippen molar-refractivity contribution in [2.24, 2.45) is 5.41 Å². The van der Waals surface area contributed by atoms with Crippen LogP contribution in [-0.4, -0.2) is 29.0 Å². The summed E-state index contributed by atoms with van der Waals surface area (Å²) in [5.41, 5.74) is 4.71. The van der Waals surface area contributed by atoms with Crippen molar-refractivity contribution in [2.75, 3.05) is 12.4 Å². The number of nitrogens with zero attached hydrogens (tertiary/aromatic N) is 2. The summed E-state index contributed by atoms with van der Waals surface area (Å²) in [6.45, 7) is 6.59. The number of carbonyl (C=O) groups excluding carboxylic acids is 1. The molecule has 1 saturated carbocycles. The van der Waals surface area contributed by atoms with Crippen LogP contribution in [0.15, 0.2) is 36.4 Å². The number of anilines is 2. The van der Waals surface area contributed by atoms with Crippen molar-refractivity contribution in [2.45, 2.75) is 71.7 Å². The van der Waals surface area contributed by atoms with E-state index in [1.807, 2.05) is 13.0 Å². The molecule has 9 heteroatoms. The van der Waals surface area contributed by atoms with E-state index in [-0.39, 0.29) is 29.6 Å². The number of hydrogen-bond donors (Lipinski definition) is 1. The van der Waals surface area contributed by atoms with Gasteiger partial charge in [-0.1, -0.05) is 20.3 Å². The molecular weight excluding hydrogens is 471 g/mol. The number of methoxy groups -OCH3 is 1. The largest absolute Gasteiger partial charge is 0.573 e. The van der Waals surface area contributed by atoms with Gasteiger partial charge in [-0.25, -0.2) is 4.98 Å². The Bertz CT molecular complexity index is 1230. The minimum absolute atomic E-state index is 0.197. The highest BCUT2D eigenvalue weighted by atomic mass is 19.4. The van der Waals surface area contributed by atoms with E-state index < -0.39 is 6.36 Å². The molecule has 1 heterocycles. The number of rotatable bonds is 7. The highest BCUT2D eigenvalue weighted by molar-refractivity contribution is 5.82. The normalized spacial score (nSPS) is 17.7. The number of aryl methyl sites for hydroxylation is 2. The molecule has 1 aliphatic carbocycles. The van der Waals surface area contributed by atoms with Gasteiger partial charge in [0.25, 0.3) is 0 Å². The summed E-state index contributed by atoms with van der Waals surface area (Å²) < 4.78 is 48.6. The van der Waals surface area contributed by atoms with Crippen LogP contribution in [0.1, 0.15) is 63.1 Å². The quantitative estimate of drug-likeness (QED) is 0.345. The number of carbonyl (C=O) groups is 1. The number of fused-ring (bicyclic) bond motifs is 1. The van der Waals surface area contributed by atoms with Gasteiger partial charge in [0.05, 0.1) is 18.1 Å². The van der Waals surface area contributed by atoms with E-state index >= 15 is 0 Å². The van der Waals surface area contributed by atoms with Crippen LogP contribution in [0.3, 0.4) is 0 Å². The zero-order valence-corrected chi connectivity index (χ0v) is 21.0. The molecule has 3 aromatic rings. The average Bonchev–Trinajstić information content (AvgIpc) is 3.13. The summed E-state index contributed by atoms with van der Waals surface area (Å²) in [4.78, 5) is 16.6. The standard InChI is InChI=1S/C27H32F3N3O3/c1-17-14-23-22(15-18(17)7-12-24(34)35-4)32-25(33(23)20-6-5-13-26(2,3)16-20)31-19-8-10-21(11-9-19)36-27(28,29)30/h8-11,14-15,20H,5-7,12-13,16H2,1-4H3,(H,31,32)/t20-/m0/s1. The predicted octanol–water partition coefficient (Wildman–Crippen LogP) is 7.23. The second-order valence-electron chi connectivity index (χ2n) is 10.3. The van der Waals surface area contributed by atoms with Crippen molar-refractivity contribution in [1.29, 1.82) is 0 Å². The molecule has 1 aromatic heterocycles. The molecule has 6 nitrogen and oxygen atoms in total. The van der Waals surface area contributed by atoms with Crippen LogP contribution in [0.4, 0.5) is 24.8 Å². The Labute approximate surface area is 208 Å². The molecule has 2 aromatic carbocycles. The van der Waals surface area contributed by atoms with Gasteiger partial charge in [0, 0.05) is 18.2 Å². The number of ether oxygens (including phenoxy) is 2. The van der Waals surface area contributed by atoms with Crippen molar-refractivity contribution >= 4 is 28.6 Å². The number of esters is 1. The first-order chi connectivity index (χ1) is 16.9. The zero-order chi connectivity index (χ0) is 26.1. The molecule has 36 heavy (non-hydrogen) atoms. The molecule has 0 spiro atoms. The Hall–Kier alpha value is -3.23. The van der Waals surface area contributed by atoms with Crippen molar-refractivity contribution in [1.82, 2.24) is 9.55 Å². The van der Waals surface area contributed by atoms with Crippen molar-refractivity contribution in [3.63, 3.8) is 0 Å². The second-order valence-corrected chi connectivity index (χ2v) is 10.3. The van der Waals surface area contributed by atoms with Crippen LogP contribution in [0.5, 0.6) is 5.75 Å². The monoisotopic (exact) mass is 503 g/mol. The van der Waals surface area contributed by atoms with Crippen LogP contribution < -0.4 is 10.1 Å². The van der Waals surface area contributed by atoms with Gasteiger partial charge >= 0.3 is 12.3 Å². The zero-order valence-electron chi connectivity index (χ0n) is 21.0. The Morgan fingerprint density at radius 1 is 1.22 bits per heavy atom. The molecule has 1 atom stereocenters. The number of aromatic nitrogens is 2. The van der Waals surface area contributed by atoms with Crippen molar-refractivity contribution < 1.29 is 27.4 Å². The van der Waals surface area contributed by atoms with Gasteiger partial charge in [-0.05, 0) is 85.5 Å². The van der Waals surface area contributed by atoms with Crippen LogP contribution in [0.2, 0.25) is 0 Å². The van der Waals surface area contributed by atoms with E-state index in [1.54, 1.807) is 12.1 Å². The highest BCUT2D eigenvalue weighted by Gasteiger charge is 2.32. The van der Waals surface area contributed by atoms with Gasteiger partial charge in [0.2, 0.25) is 5.95 Å². The van der Waals surface area contributed by atoms with Crippen LogP contribution in [-0.2, 0) is 16.0 Å². The number of benzene rings is 2. The summed E-state index contributed by atoms with van der Waals surface area (Å²) in [5, 5.41) is 3.32. The van der Waals surface area contributed by atoms with E-state index in [0.717, 1.165) is 47.8 Å². The molecule has 0 bridgehead atoms. The van der Waals surface area contributed by atoms with Gasteiger partial charge in [0.15, 0.2) is 0 Å². The maximum atomic E-state index is 12.5. The fraction of sp³-hybridized carbons (Fsp3) is 0.481. The molecule has 1 aliphatic rings. The molecule has 1 fully saturated rings. The second kappa shape index (κ2) is 10.0. The Balaban J connectivity index is 1.71. The van der Waals surface area contributed by atoms with Gasteiger partial charge in [-0.15, -0.1) is 13.2 Å². The van der Waals surface area contributed by atoms with E-state index in [1.165, 1.54) is 19.2 Å². The van der Waals surface area contributed by atoms with Gasteiger partial charge in [0.1, 0.15) is 5.75 Å². The molecule has 0 amide bonds. The fourth-order valence-corrected chi connectivity index (χ4v) is 5.10. The summed E-state index contributed by atoms with van der Waals surface area (Å²) in [7, 11) is 1.38. The first-order valence-electron chi connectivity index (χ1n) is 12.2. The van der Waals surface area contributed by atoms with Gasteiger partial charge < -0.3 is 19.4 Å². The summed E-state index contributed by atoms with van der Waals surface area (Å²) in [5.74, 6) is 0.105. The van der Waals surface area contributed by atoms with Crippen molar-refractivity contribution in [3.8, 4) is 5.75 Å². The van der Waals surface area contributed by atoms with Gasteiger partial charge in [-0.2, -0.15) is 0 Å². The lowest BCUT2D eigenvalue weighted by Gasteiger charge is -2.36. The third-order valence-corrected chi connectivity index (χ3v) is 6.86. The van der Waals surface area contributed by atoms with Crippen LogP contribution in [0.25, 0.3) is 11.0 Å². The molecule has 0 radical (unpaired) electrons. The lowest BCUT2D eigenvalue weighted by molar-refractivity contribution is -0.274. The lowest BCUT2D eigenvalue weighted by atomic mass is 9.75. The topological polar surface area (TPSA) is 65.4 Å². The maximum Gasteiger partial charge on any atom is 0.573 e. The first kappa shape index (κ1) is 25.9. The van der Waals surface area contributed by atoms with E-state index in [2.05, 4.69) is 34.5 Å². The highest BCUT2D eigenvalue weighted by Crippen LogP contribution is 2.44. The SMILES string of the molecule is COC(=O)CCc1cc2nc(Nc3ccc(OC(F)(F)F)cc3)n([C@H]3CCCC(C)(C)C3)c2cc1C. The molecule has 1 N–H and O–H groups in total. The summed E-state index contributed by atoms with van der Waals surface area (Å²) in [6.07, 6.45) is 0.394. The maximum absolute atomic E-state index is 12.5. The van der Waals surface area contributed by atoms with Crippen molar-refractivity contribution in [3.05, 3.63) is 47.5 Å². The van der Waals surface area contributed by atoms with Crippen LogP contribution >= 0.6 is 0 Å². The van der Waals surface area contributed by atoms with Crippen LogP contribution in [0, 0.1) is 12.3 Å². The smallest absolute Gasteiger partial charge is 0.469 e.